The molecule has 1 fully saturated rings. The van der Waals surface area contributed by atoms with Crippen LogP contribution in [0.25, 0.3) is 10.9 Å². The smallest absolute Gasteiger partial charge is 0.145 e. The van der Waals surface area contributed by atoms with E-state index in [0.29, 0.717) is 0 Å². The number of nitrogens with one attached hydrogen (secondary N) is 1. The highest BCUT2D eigenvalue weighted by Crippen LogP contribution is 2.36. The van der Waals surface area contributed by atoms with Crippen LogP contribution in [0.1, 0.15) is 30.4 Å². The summed E-state index contributed by atoms with van der Waals surface area (Å²) in [5, 5.41) is 5.70. The molecule has 5 heteroatoms. The molecular formula is C21H22N4O. The predicted molar refractivity (Wildman–Crippen MR) is 102 cm³/mol. The molecule has 2 aliphatic rings. The Kier molecular flexibility index (Phi) is 3.75. The zero-order valence-electron chi connectivity index (χ0n) is 14.7. The van der Waals surface area contributed by atoms with Crippen LogP contribution in [0.2, 0.25) is 0 Å². The van der Waals surface area contributed by atoms with E-state index in [1.165, 1.54) is 16.5 Å². The highest BCUT2D eigenvalue weighted by atomic mass is 16.7. The van der Waals surface area contributed by atoms with Gasteiger partial charge in [-0.2, -0.15) is 0 Å². The second-order valence-electron chi connectivity index (χ2n) is 7.37. The van der Waals surface area contributed by atoms with Crippen molar-refractivity contribution >= 4 is 16.6 Å². The number of hydrogen-bond donors (Lipinski definition) is 1. The Morgan fingerprint density at radius 2 is 2.00 bits per heavy atom. The van der Waals surface area contributed by atoms with Crippen LogP contribution >= 0.6 is 0 Å². The van der Waals surface area contributed by atoms with E-state index in [4.69, 9.17) is 4.84 Å². The van der Waals surface area contributed by atoms with Crippen molar-refractivity contribution in [2.45, 2.75) is 31.4 Å². The van der Waals surface area contributed by atoms with Crippen molar-refractivity contribution in [1.82, 2.24) is 14.9 Å². The molecule has 4 heterocycles. The Bertz CT molecular complexity index is 939. The molecule has 3 aromatic rings. The molecule has 0 saturated carbocycles. The maximum absolute atomic E-state index is 5.93. The fourth-order valence-electron chi connectivity index (χ4n) is 4.10. The first kappa shape index (κ1) is 15.6. The Balaban J connectivity index is 1.23. The molecule has 1 saturated heterocycles. The molecule has 0 amide bonds. The quantitative estimate of drug-likeness (QED) is 0.786. The van der Waals surface area contributed by atoms with Gasteiger partial charge >= 0.3 is 0 Å². The Morgan fingerprint density at radius 3 is 2.85 bits per heavy atom. The summed E-state index contributed by atoms with van der Waals surface area (Å²) in [6.45, 7) is 3.06. The number of nitrogens with zero attached hydrogens (tertiary/aromatic N) is 3. The minimum Gasteiger partial charge on any atom is -0.388 e. The van der Waals surface area contributed by atoms with Gasteiger partial charge in [0.1, 0.15) is 5.60 Å². The van der Waals surface area contributed by atoms with Crippen molar-refractivity contribution in [2.24, 2.45) is 5.16 Å². The van der Waals surface area contributed by atoms with Crippen LogP contribution in [-0.4, -0.2) is 39.3 Å². The molecule has 0 bridgehead atoms. The highest BCUT2D eigenvalue weighted by molar-refractivity contribution is 6.01. The lowest BCUT2D eigenvalue weighted by atomic mass is 9.85. The summed E-state index contributed by atoms with van der Waals surface area (Å²) in [7, 11) is 0. The summed E-state index contributed by atoms with van der Waals surface area (Å²) < 4.78 is 0. The van der Waals surface area contributed by atoms with Crippen LogP contribution in [0.5, 0.6) is 0 Å². The van der Waals surface area contributed by atoms with Crippen molar-refractivity contribution in [3.8, 4) is 0 Å². The fraction of sp³-hybridized carbons (Fsp3) is 0.333. The lowest BCUT2D eigenvalue weighted by Gasteiger charge is -2.37. The van der Waals surface area contributed by atoms with Gasteiger partial charge in [-0.25, -0.2) is 0 Å². The van der Waals surface area contributed by atoms with Gasteiger partial charge < -0.3 is 9.82 Å². The van der Waals surface area contributed by atoms with Crippen molar-refractivity contribution in [1.29, 1.82) is 0 Å². The summed E-state index contributed by atoms with van der Waals surface area (Å²) in [5.74, 6) is 0. The Morgan fingerprint density at radius 1 is 1.12 bits per heavy atom. The second-order valence-corrected chi connectivity index (χ2v) is 7.37. The molecule has 26 heavy (non-hydrogen) atoms. The third-order valence-electron chi connectivity index (χ3n) is 5.67. The van der Waals surface area contributed by atoms with Crippen molar-refractivity contribution in [2.75, 3.05) is 13.1 Å². The number of aromatic nitrogens is 2. The average Bonchev–Trinajstić information content (AvgIpc) is 3.30. The van der Waals surface area contributed by atoms with Crippen LogP contribution < -0.4 is 0 Å². The van der Waals surface area contributed by atoms with Gasteiger partial charge in [0.2, 0.25) is 0 Å². The molecule has 1 spiro atoms. The standard InChI is InChI=1S/C21H22N4O/c1-2-6-19-18(5-1)17(14-23-19)15-25-10-7-21(8-11-25)12-20(24-26-21)16-4-3-9-22-13-16/h1-6,9,13-14,23H,7-8,10-12,15H2. The number of rotatable bonds is 3. The lowest BCUT2D eigenvalue weighted by Crippen LogP contribution is -2.44. The fourth-order valence-corrected chi connectivity index (χ4v) is 4.10. The monoisotopic (exact) mass is 346 g/mol. The largest absolute Gasteiger partial charge is 0.388 e. The van der Waals surface area contributed by atoms with E-state index in [9.17, 15) is 0 Å². The van der Waals surface area contributed by atoms with E-state index in [1.807, 2.05) is 12.3 Å². The number of fused-ring (bicyclic) bond motifs is 1. The van der Waals surface area contributed by atoms with Gasteiger partial charge in [-0.3, -0.25) is 9.88 Å². The SMILES string of the molecule is c1cncc(C2=NOC3(CCN(Cc4c[nH]c5ccccc45)CC3)C2)c1. The summed E-state index contributed by atoms with van der Waals surface area (Å²) in [6, 6.07) is 12.5. The zero-order valence-corrected chi connectivity index (χ0v) is 14.7. The van der Waals surface area contributed by atoms with Gasteiger partial charge in [0.25, 0.3) is 0 Å². The molecular weight excluding hydrogens is 324 g/mol. The average molecular weight is 346 g/mol. The third-order valence-corrected chi connectivity index (χ3v) is 5.67. The highest BCUT2D eigenvalue weighted by Gasteiger charge is 2.42. The number of benzene rings is 1. The van der Waals surface area contributed by atoms with Crippen LogP contribution in [-0.2, 0) is 11.4 Å². The first-order chi connectivity index (χ1) is 12.8. The number of para-hydroxylation sites is 1. The number of piperidine rings is 1. The number of oxime groups is 1. The van der Waals surface area contributed by atoms with Gasteiger partial charge in [-0.05, 0) is 23.8 Å². The zero-order chi connectivity index (χ0) is 17.4. The third kappa shape index (κ3) is 2.78. The molecule has 0 radical (unpaired) electrons. The summed E-state index contributed by atoms with van der Waals surface area (Å²) in [4.78, 5) is 16.0. The normalized spacial score (nSPS) is 19.6. The predicted octanol–water partition coefficient (Wildman–Crippen LogP) is 3.72. The summed E-state index contributed by atoms with van der Waals surface area (Å²) >= 11 is 0. The number of aromatic amines is 1. The van der Waals surface area contributed by atoms with Gasteiger partial charge in [-0.1, -0.05) is 23.4 Å². The molecule has 2 aromatic heterocycles. The van der Waals surface area contributed by atoms with Crippen LogP contribution in [0.3, 0.4) is 0 Å². The second kappa shape index (κ2) is 6.25. The van der Waals surface area contributed by atoms with Gasteiger partial charge in [0.05, 0.1) is 5.71 Å². The first-order valence-corrected chi connectivity index (χ1v) is 9.24. The maximum atomic E-state index is 5.93. The van der Waals surface area contributed by atoms with E-state index in [1.54, 1.807) is 6.20 Å². The molecule has 132 valence electrons. The molecule has 1 aromatic carbocycles. The number of H-pyrrole nitrogens is 1. The van der Waals surface area contributed by atoms with Gasteiger partial charge in [0.15, 0.2) is 0 Å². The van der Waals surface area contributed by atoms with Crippen molar-refractivity contribution in [3.05, 3.63) is 66.1 Å². The summed E-state index contributed by atoms with van der Waals surface area (Å²) in [6.07, 6.45) is 8.72. The number of hydrogen-bond acceptors (Lipinski definition) is 4. The number of pyridine rings is 1. The molecule has 5 nitrogen and oxygen atoms in total. The van der Waals surface area contributed by atoms with Gasteiger partial charge in [0, 0.05) is 74.0 Å². The number of likely N-dealkylation sites (tertiary alicyclic amines) is 1. The van der Waals surface area contributed by atoms with E-state index in [0.717, 1.165) is 50.2 Å². The van der Waals surface area contributed by atoms with E-state index in [2.05, 4.69) is 56.6 Å². The molecule has 5 rings (SSSR count). The maximum Gasteiger partial charge on any atom is 0.145 e. The van der Waals surface area contributed by atoms with Crippen molar-refractivity contribution in [3.63, 3.8) is 0 Å². The molecule has 0 atom stereocenters. The molecule has 0 unspecified atom stereocenters. The van der Waals surface area contributed by atoms with E-state index >= 15 is 0 Å². The molecule has 1 N–H and O–H groups in total. The van der Waals surface area contributed by atoms with Gasteiger partial charge in [-0.15, -0.1) is 0 Å². The first-order valence-electron chi connectivity index (χ1n) is 9.24. The minimum atomic E-state index is -0.123. The van der Waals surface area contributed by atoms with Crippen LogP contribution in [0, 0.1) is 0 Å². The minimum absolute atomic E-state index is 0.123. The molecule has 0 aliphatic carbocycles. The Labute approximate surface area is 152 Å². The summed E-state index contributed by atoms with van der Waals surface area (Å²) in [5.41, 5.74) is 4.57. The Hall–Kier alpha value is -2.66. The van der Waals surface area contributed by atoms with Crippen LogP contribution in [0.4, 0.5) is 0 Å². The molecule has 2 aliphatic heterocycles. The van der Waals surface area contributed by atoms with Crippen LogP contribution in [0.15, 0.2) is 60.1 Å². The van der Waals surface area contributed by atoms with E-state index < -0.39 is 0 Å². The van der Waals surface area contributed by atoms with Crippen molar-refractivity contribution < 1.29 is 4.84 Å². The topological polar surface area (TPSA) is 53.5 Å². The van der Waals surface area contributed by atoms with E-state index in [-0.39, 0.29) is 5.60 Å². The lowest BCUT2D eigenvalue weighted by molar-refractivity contribution is -0.0626.